The molecular formula is C12H18N6. The van der Waals surface area contributed by atoms with Gasteiger partial charge in [0.25, 0.3) is 0 Å². The maximum absolute atomic E-state index is 5.59. The van der Waals surface area contributed by atoms with Crippen molar-refractivity contribution < 1.29 is 0 Å². The highest BCUT2D eigenvalue weighted by atomic mass is 15.4. The smallest absolute Gasteiger partial charge is 0.182 e. The zero-order valence-corrected chi connectivity index (χ0v) is 11.0. The van der Waals surface area contributed by atoms with Crippen LogP contribution >= 0.6 is 0 Å². The van der Waals surface area contributed by atoms with E-state index in [2.05, 4.69) is 27.2 Å². The van der Waals surface area contributed by atoms with Gasteiger partial charge in [-0.1, -0.05) is 12.1 Å². The summed E-state index contributed by atoms with van der Waals surface area (Å²) in [6.45, 7) is 7.36. The Morgan fingerprint density at radius 1 is 1.28 bits per heavy atom. The summed E-state index contributed by atoms with van der Waals surface area (Å²) in [4.78, 5) is 8.73. The van der Waals surface area contributed by atoms with Crippen LogP contribution in [0.4, 0.5) is 0 Å². The van der Waals surface area contributed by atoms with Crippen LogP contribution in [0, 0.1) is 19.8 Å². The summed E-state index contributed by atoms with van der Waals surface area (Å²) in [6.07, 6.45) is 1.86. The van der Waals surface area contributed by atoms with E-state index in [9.17, 15) is 0 Å². The SMILES string of the molecule is Cc1cc(C)nc(-c2cn(CC(C)CN)nn2)n1. The number of aryl methyl sites for hydroxylation is 2. The monoisotopic (exact) mass is 246 g/mol. The molecule has 96 valence electrons. The lowest BCUT2D eigenvalue weighted by Crippen LogP contribution is -2.17. The summed E-state index contributed by atoms with van der Waals surface area (Å²) in [5.41, 5.74) is 8.16. The summed E-state index contributed by atoms with van der Waals surface area (Å²) in [6, 6.07) is 1.93. The minimum atomic E-state index is 0.375. The van der Waals surface area contributed by atoms with Gasteiger partial charge in [-0.05, 0) is 32.4 Å². The zero-order valence-electron chi connectivity index (χ0n) is 11.0. The van der Waals surface area contributed by atoms with Gasteiger partial charge >= 0.3 is 0 Å². The van der Waals surface area contributed by atoms with Crippen molar-refractivity contribution in [2.24, 2.45) is 11.7 Å². The Balaban J connectivity index is 2.23. The Morgan fingerprint density at radius 3 is 2.56 bits per heavy atom. The first-order chi connectivity index (χ1) is 8.58. The zero-order chi connectivity index (χ0) is 13.1. The van der Waals surface area contributed by atoms with Gasteiger partial charge in [0.2, 0.25) is 0 Å². The highest BCUT2D eigenvalue weighted by Gasteiger charge is 2.09. The van der Waals surface area contributed by atoms with Crippen molar-refractivity contribution >= 4 is 0 Å². The third kappa shape index (κ3) is 2.89. The topological polar surface area (TPSA) is 82.5 Å². The van der Waals surface area contributed by atoms with Gasteiger partial charge in [-0.25, -0.2) is 9.97 Å². The van der Waals surface area contributed by atoms with Gasteiger partial charge in [0.1, 0.15) is 5.69 Å². The first-order valence-corrected chi connectivity index (χ1v) is 6.01. The first kappa shape index (κ1) is 12.6. The van der Waals surface area contributed by atoms with Crippen LogP contribution in [0.25, 0.3) is 11.5 Å². The summed E-state index contributed by atoms with van der Waals surface area (Å²) >= 11 is 0. The molecule has 0 spiro atoms. The summed E-state index contributed by atoms with van der Waals surface area (Å²) < 4.78 is 1.79. The standard InChI is InChI=1S/C12H18N6/c1-8(5-13)6-18-7-11(16-17-18)12-14-9(2)4-10(3)15-12/h4,7-8H,5-6,13H2,1-3H3. The molecular weight excluding hydrogens is 228 g/mol. The Hall–Kier alpha value is -1.82. The van der Waals surface area contributed by atoms with E-state index in [0.717, 1.165) is 17.9 Å². The fourth-order valence-electron chi connectivity index (χ4n) is 1.72. The van der Waals surface area contributed by atoms with Crippen molar-refractivity contribution in [1.82, 2.24) is 25.0 Å². The fourth-order valence-corrected chi connectivity index (χ4v) is 1.72. The number of hydrogen-bond donors (Lipinski definition) is 1. The molecule has 2 N–H and O–H groups in total. The molecule has 2 aromatic rings. The van der Waals surface area contributed by atoms with Gasteiger partial charge in [-0.2, -0.15) is 0 Å². The third-order valence-electron chi connectivity index (χ3n) is 2.65. The number of hydrogen-bond acceptors (Lipinski definition) is 5. The Labute approximate surface area is 106 Å². The van der Waals surface area contributed by atoms with Gasteiger partial charge in [0.15, 0.2) is 5.82 Å². The second-order valence-corrected chi connectivity index (χ2v) is 4.64. The molecule has 1 atom stereocenters. The van der Waals surface area contributed by atoms with E-state index in [-0.39, 0.29) is 0 Å². The fraction of sp³-hybridized carbons (Fsp3) is 0.500. The molecule has 0 saturated heterocycles. The minimum absolute atomic E-state index is 0.375. The number of aromatic nitrogens is 5. The molecule has 0 aliphatic carbocycles. The molecule has 0 aromatic carbocycles. The molecule has 0 fully saturated rings. The molecule has 2 rings (SSSR count). The second-order valence-electron chi connectivity index (χ2n) is 4.64. The molecule has 2 aromatic heterocycles. The lowest BCUT2D eigenvalue weighted by molar-refractivity contribution is 0.449. The van der Waals surface area contributed by atoms with Crippen LogP contribution in [0.3, 0.4) is 0 Å². The Morgan fingerprint density at radius 2 is 1.94 bits per heavy atom. The van der Waals surface area contributed by atoms with Gasteiger partial charge in [0.05, 0.1) is 6.20 Å². The maximum Gasteiger partial charge on any atom is 0.182 e. The van der Waals surface area contributed by atoms with Crippen LogP contribution in [-0.2, 0) is 6.54 Å². The lowest BCUT2D eigenvalue weighted by Gasteiger charge is -2.06. The number of nitrogens with two attached hydrogens (primary N) is 1. The van der Waals surface area contributed by atoms with E-state index in [0.29, 0.717) is 24.0 Å². The summed E-state index contributed by atoms with van der Waals surface area (Å²) in [7, 11) is 0. The quantitative estimate of drug-likeness (QED) is 0.868. The molecule has 2 heterocycles. The van der Waals surface area contributed by atoms with Crippen LogP contribution in [0.1, 0.15) is 18.3 Å². The Kier molecular flexibility index (Phi) is 3.66. The molecule has 0 aliphatic rings. The highest BCUT2D eigenvalue weighted by molar-refractivity contribution is 5.46. The van der Waals surface area contributed by atoms with Gasteiger partial charge < -0.3 is 5.73 Å². The van der Waals surface area contributed by atoms with E-state index in [1.54, 1.807) is 4.68 Å². The van der Waals surface area contributed by atoms with Crippen molar-refractivity contribution in [3.63, 3.8) is 0 Å². The normalized spacial score (nSPS) is 12.7. The lowest BCUT2D eigenvalue weighted by atomic mass is 10.2. The van der Waals surface area contributed by atoms with Crippen molar-refractivity contribution in [2.75, 3.05) is 6.54 Å². The van der Waals surface area contributed by atoms with Crippen molar-refractivity contribution in [3.05, 3.63) is 23.7 Å². The van der Waals surface area contributed by atoms with Gasteiger partial charge in [-0.15, -0.1) is 5.10 Å². The second kappa shape index (κ2) is 5.22. The van der Waals surface area contributed by atoms with Crippen LogP contribution in [0.2, 0.25) is 0 Å². The number of rotatable bonds is 4. The molecule has 0 saturated carbocycles. The van der Waals surface area contributed by atoms with Crippen LogP contribution < -0.4 is 5.73 Å². The molecule has 0 bridgehead atoms. The maximum atomic E-state index is 5.59. The van der Waals surface area contributed by atoms with E-state index in [4.69, 9.17) is 5.73 Å². The average molecular weight is 246 g/mol. The largest absolute Gasteiger partial charge is 0.330 e. The summed E-state index contributed by atoms with van der Waals surface area (Å²) in [5, 5.41) is 8.17. The Bertz CT molecular complexity index is 513. The molecule has 18 heavy (non-hydrogen) atoms. The van der Waals surface area contributed by atoms with Crippen molar-refractivity contribution in [1.29, 1.82) is 0 Å². The molecule has 0 radical (unpaired) electrons. The summed E-state index contributed by atoms with van der Waals surface area (Å²) in [5.74, 6) is 0.999. The van der Waals surface area contributed by atoms with Crippen LogP contribution in [-0.4, -0.2) is 31.5 Å². The predicted octanol–water partition coefficient (Wildman–Crippen LogP) is 0.947. The minimum Gasteiger partial charge on any atom is -0.330 e. The third-order valence-corrected chi connectivity index (χ3v) is 2.65. The predicted molar refractivity (Wildman–Crippen MR) is 68.7 cm³/mol. The van der Waals surface area contributed by atoms with Crippen LogP contribution in [0.5, 0.6) is 0 Å². The number of nitrogens with zero attached hydrogens (tertiary/aromatic N) is 5. The van der Waals surface area contributed by atoms with E-state index in [1.165, 1.54) is 0 Å². The van der Waals surface area contributed by atoms with Crippen molar-refractivity contribution in [3.8, 4) is 11.5 Å². The molecule has 6 nitrogen and oxygen atoms in total. The van der Waals surface area contributed by atoms with E-state index in [1.807, 2.05) is 26.1 Å². The molecule has 0 aliphatic heterocycles. The van der Waals surface area contributed by atoms with Gasteiger partial charge in [0, 0.05) is 17.9 Å². The van der Waals surface area contributed by atoms with E-state index >= 15 is 0 Å². The molecule has 6 heteroatoms. The van der Waals surface area contributed by atoms with Crippen molar-refractivity contribution in [2.45, 2.75) is 27.3 Å². The average Bonchev–Trinajstić information content (AvgIpc) is 2.76. The highest BCUT2D eigenvalue weighted by Crippen LogP contribution is 2.12. The van der Waals surface area contributed by atoms with Crippen LogP contribution in [0.15, 0.2) is 12.3 Å². The van der Waals surface area contributed by atoms with E-state index < -0.39 is 0 Å². The molecule has 0 amide bonds. The van der Waals surface area contributed by atoms with Gasteiger partial charge in [-0.3, -0.25) is 4.68 Å². The first-order valence-electron chi connectivity index (χ1n) is 6.01. The molecule has 1 unspecified atom stereocenters.